The van der Waals surface area contributed by atoms with Crippen LogP contribution in [-0.4, -0.2) is 108 Å². The third kappa shape index (κ3) is 6.98. The molecule has 1 radical (unpaired) electrons. The molecule has 0 bridgehead atoms. The topological polar surface area (TPSA) is 102 Å². The predicted octanol–water partition coefficient (Wildman–Crippen LogP) is 3.69. The highest BCUT2D eigenvalue weighted by atomic mass is 35.5. The number of carbonyl (C=O) groups is 3. The van der Waals surface area contributed by atoms with Crippen molar-refractivity contribution in [3.63, 3.8) is 0 Å². The van der Waals surface area contributed by atoms with Gasteiger partial charge in [0, 0.05) is 88.1 Å². The zero-order valence-electron chi connectivity index (χ0n) is 25.5. The number of hydrogen-bond donors (Lipinski definition) is 2. The van der Waals surface area contributed by atoms with E-state index >= 15 is 0 Å². The van der Waals surface area contributed by atoms with Gasteiger partial charge in [-0.05, 0) is 61.4 Å². The van der Waals surface area contributed by atoms with E-state index < -0.39 is 6.04 Å². The molecule has 44 heavy (non-hydrogen) atoms. The molecular weight excluding hydrogens is 578 g/mol. The second kappa shape index (κ2) is 13.7. The van der Waals surface area contributed by atoms with E-state index in [0.29, 0.717) is 63.1 Å². The van der Waals surface area contributed by atoms with Gasteiger partial charge in [0.2, 0.25) is 5.91 Å². The standard InChI is InChI=1S/C33H43ClN7O3/c1-23-20-24(6-7-28(23)34)21-30(31(42)39-14-8-26(9-15-39)38-18-12-35-13-19-38)37-32(43)40-16-10-27(11-17-40)41-22-25-4-2-3-5-29(25)36-33(41)44/h2-7,20,26-27,30H,8-19,21-22H2,1H3,(H,36,44)(H,37,43). The number of benzene rings is 2. The van der Waals surface area contributed by atoms with Crippen molar-refractivity contribution >= 4 is 35.3 Å². The molecule has 5 amide bonds. The number of aryl methyl sites for hydroxylation is 1. The van der Waals surface area contributed by atoms with Crippen molar-refractivity contribution in [1.82, 2.24) is 30.2 Å². The van der Waals surface area contributed by atoms with Gasteiger partial charge in [-0.15, -0.1) is 0 Å². The molecule has 6 rings (SSSR count). The lowest BCUT2D eigenvalue weighted by Crippen LogP contribution is -2.58. The predicted molar refractivity (Wildman–Crippen MR) is 171 cm³/mol. The smallest absolute Gasteiger partial charge is 0.322 e. The van der Waals surface area contributed by atoms with Gasteiger partial charge < -0.3 is 25.3 Å². The fourth-order valence-corrected chi connectivity index (χ4v) is 7.18. The lowest BCUT2D eigenvalue weighted by Gasteiger charge is -2.42. The van der Waals surface area contributed by atoms with Crippen molar-refractivity contribution in [2.45, 2.75) is 63.7 Å². The van der Waals surface area contributed by atoms with Crippen LogP contribution in [0.4, 0.5) is 15.3 Å². The summed E-state index contributed by atoms with van der Waals surface area (Å²) in [6.07, 6.45) is 3.66. The number of piperazine rings is 1. The van der Waals surface area contributed by atoms with Gasteiger partial charge in [0.1, 0.15) is 6.04 Å². The maximum atomic E-state index is 13.9. The minimum Gasteiger partial charge on any atom is -0.341 e. The highest BCUT2D eigenvalue weighted by Crippen LogP contribution is 2.28. The van der Waals surface area contributed by atoms with Crippen molar-refractivity contribution in [2.75, 3.05) is 57.7 Å². The third-order valence-corrected chi connectivity index (χ3v) is 10.1. The van der Waals surface area contributed by atoms with Crippen molar-refractivity contribution in [3.05, 3.63) is 64.2 Å². The van der Waals surface area contributed by atoms with Crippen LogP contribution < -0.4 is 16.0 Å². The fourth-order valence-electron chi connectivity index (χ4n) is 7.07. The SMILES string of the molecule is Cc1cc(CC(NC(=O)N2CCC(N3Cc4ccccc4NC3=O)CC2)C(=O)N2CCC(N3CC[N]CC3)CC2)ccc1Cl. The van der Waals surface area contributed by atoms with Crippen LogP contribution in [0, 0.1) is 6.92 Å². The number of rotatable bonds is 6. The monoisotopic (exact) mass is 620 g/mol. The van der Waals surface area contributed by atoms with Gasteiger partial charge >= 0.3 is 12.1 Å². The summed E-state index contributed by atoms with van der Waals surface area (Å²) in [5.74, 6) is -0.0309. The molecule has 235 valence electrons. The van der Waals surface area contributed by atoms with Crippen LogP contribution in [0.1, 0.15) is 42.4 Å². The van der Waals surface area contributed by atoms with Crippen LogP contribution in [-0.2, 0) is 17.8 Å². The average Bonchev–Trinajstić information content (AvgIpc) is 3.06. The number of urea groups is 2. The maximum Gasteiger partial charge on any atom is 0.322 e. The Morgan fingerprint density at radius 3 is 2.36 bits per heavy atom. The Bertz CT molecular complexity index is 1350. The molecule has 3 fully saturated rings. The van der Waals surface area contributed by atoms with Crippen LogP contribution in [0.2, 0.25) is 5.02 Å². The molecule has 0 aliphatic carbocycles. The molecule has 1 unspecified atom stereocenters. The lowest BCUT2D eigenvalue weighted by atomic mass is 9.99. The highest BCUT2D eigenvalue weighted by molar-refractivity contribution is 6.31. The van der Waals surface area contributed by atoms with E-state index in [2.05, 4.69) is 20.9 Å². The Kier molecular flexibility index (Phi) is 9.59. The molecule has 4 aliphatic rings. The Labute approximate surface area is 265 Å². The second-order valence-electron chi connectivity index (χ2n) is 12.5. The lowest BCUT2D eigenvalue weighted by molar-refractivity contribution is -0.134. The third-order valence-electron chi connectivity index (χ3n) is 9.69. The Morgan fingerprint density at radius 1 is 0.955 bits per heavy atom. The van der Waals surface area contributed by atoms with E-state index in [9.17, 15) is 14.4 Å². The molecule has 2 aromatic rings. The minimum atomic E-state index is -0.671. The Morgan fingerprint density at radius 2 is 1.64 bits per heavy atom. The molecule has 3 saturated heterocycles. The number of hydrogen-bond acceptors (Lipinski definition) is 4. The molecule has 11 heteroatoms. The summed E-state index contributed by atoms with van der Waals surface area (Å²) in [7, 11) is 0. The number of nitrogens with one attached hydrogen (secondary N) is 2. The van der Waals surface area contributed by atoms with Crippen LogP contribution in [0.25, 0.3) is 0 Å². The number of fused-ring (bicyclic) bond motifs is 1. The number of nitrogens with zero attached hydrogens (tertiary/aromatic N) is 5. The Hall–Kier alpha value is -3.34. The Balaban J connectivity index is 1.08. The number of para-hydroxylation sites is 1. The van der Waals surface area contributed by atoms with E-state index in [1.165, 1.54) is 0 Å². The summed E-state index contributed by atoms with van der Waals surface area (Å²) < 4.78 is 0. The van der Waals surface area contributed by atoms with Gasteiger partial charge in [0.05, 0.1) is 0 Å². The molecule has 0 aromatic heterocycles. The number of amides is 5. The molecule has 2 N–H and O–H groups in total. The van der Waals surface area contributed by atoms with Gasteiger partial charge in [-0.1, -0.05) is 41.9 Å². The normalized spacial score (nSPS) is 21.0. The molecule has 0 spiro atoms. The first-order valence-corrected chi connectivity index (χ1v) is 16.4. The largest absolute Gasteiger partial charge is 0.341 e. The molecule has 2 aromatic carbocycles. The van der Waals surface area contributed by atoms with Crippen molar-refractivity contribution in [1.29, 1.82) is 0 Å². The van der Waals surface area contributed by atoms with E-state index in [4.69, 9.17) is 11.6 Å². The summed E-state index contributed by atoms with van der Waals surface area (Å²) in [5, 5.41) is 11.3. The summed E-state index contributed by atoms with van der Waals surface area (Å²) in [5.41, 5.74) is 3.88. The van der Waals surface area contributed by atoms with Gasteiger partial charge in [-0.3, -0.25) is 9.69 Å². The second-order valence-corrected chi connectivity index (χ2v) is 12.9. The van der Waals surface area contributed by atoms with Crippen LogP contribution in [0.15, 0.2) is 42.5 Å². The molecular formula is C33H43ClN7O3. The minimum absolute atomic E-state index is 0.0309. The summed E-state index contributed by atoms with van der Waals surface area (Å²) in [6.45, 7) is 8.73. The van der Waals surface area contributed by atoms with Crippen molar-refractivity contribution in [2.24, 2.45) is 0 Å². The number of halogens is 1. The zero-order chi connectivity index (χ0) is 30.6. The van der Waals surface area contributed by atoms with E-state index in [-0.39, 0.29) is 24.0 Å². The molecule has 10 nitrogen and oxygen atoms in total. The quantitative estimate of drug-likeness (QED) is 0.514. The number of anilines is 1. The van der Waals surface area contributed by atoms with Crippen LogP contribution in [0.3, 0.4) is 0 Å². The first kappa shape index (κ1) is 30.7. The van der Waals surface area contributed by atoms with E-state index in [0.717, 1.165) is 61.4 Å². The van der Waals surface area contributed by atoms with E-state index in [1.807, 2.05) is 59.2 Å². The summed E-state index contributed by atoms with van der Waals surface area (Å²) in [6, 6.07) is 13.2. The molecule has 4 heterocycles. The first-order chi connectivity index (χ1) is 21.4. The fraction of sp³-hybridized carbons (Fsp3) is 0.545. The summed E-state index contributed by atoms with van der Waals surface area (Å²) in [4.78, 5) is 48.5. The molecule has 4 aliphatic heterocycles. The van der Waals surface area contributed by atoms with Crippen LogP contribution in [0.5, 0.6) is 0 Å². The average molecular weight is 621 g/mol. The van der Waals surface area contributed by atoms with Gasteiger partial charge in [-0.2, -0.15) is 0 Å². The van der Waals surface area contributed by atoms with Crippen molar-refractivity contribution < 1.29 is 14.4 Å². The van der Waals surface area contributed by atoms with E-state index in [1.54, 1.807) is 4.90 Å². The summed E-state index contributed by atoms with van der Waals surface area (Å²) >= 11 is 6.28. The number of piperidine rings is 2. The molecule has 0 saturated carbocycles. The number of carbonyl (C=O) groups excluding carboxylic acids is 3. The van der Waals surface area contributed by atoms with Crippen molar-refractivity contribution in [3.8, 4) is 0 Å². The van der Waals surface area contributed by atoms with Gasteiger partial charge in [-0.25, -0.2) is 14.9 Å². The van der Waals surface area contributed by atoms with Gasteiger partial charge in [0.25, 0.3) is 0 Å². The van der Waals surface area contributed by atoms with Gasteiger partial charge in [0.15, 0.2) is 0 Å². The first-order valence-electron chi connectivity index (χ1n) is 16.0. The zero-order valence-corrected chi connectivity index (χ0v) is 26.3. The molecule has 1 atom stereocenters. The maximum absolute atomic E-state index is 13.9. The van der Waals surface area contributed by atoms with Crippen LogP contribution >= 0.6 is 11.6 Å². The number of likely N-dealkylation sites (tertiary alicyclic amines) is 2. The highest BCUT2D eigenvalue weighted by Gasteiger charge is 2.35.